The number of hydrogen-bond acceptors (Lipinski definition) is 5. The zero-order chi connectivity index (χ0) is 17.8. The van der Waals surface area contributed by atoms with Gasteiger partial charge in [-0.05, 0) is 45.4 Å². The van der Waals surface area contributed by atoms with Crippen molar-refractivity contribution < 1.29 is 23.8 Å². The minimum atomic E-state index is -0.750. The van der Waals surface area contributed by atoms with Gasteiger partial charge in [0, 0.05) is 7.05 Å². The molecule has 0 unspecified atom stereocenters. The van der Waals surface area contributed by atoms with Crippen LogP contribution < -0.4 is 14.8 Å². The van der Waals surface area contributed by atoms with Crippen molar-refractivity contribution in [2.24, 2.45) is 0 Å². The fourth-order valence-electron chi connectivity index (χ4n) is 1.77. The molecule has 1 rings (SSSR count). The lowest BCUT2D eigenvalue weighted by Gasteiger charge is -2.24. The third-order valence-electron chi connectivity index (χ3n) is 2.85. The smallest absolute Gasteiger partial charge is 0.418 e. The lowest BCUT2D eigenvalue weighted by molar-refractivity contribution is 0.0369. The molecule has 0 radical (unpaired) electrons. The number of nitrogens with zero attached hydrogens (tertiary/aromatic N) is 1. The first-order valence-corrected chi connectivity index (χ1v) is 7.09. The van der Waals surface area contributed by atoms with Crippen molar-refractivity contribution in [3.63, 3.8) is 0 Å². The Morgan fingerprint density at radius 3 is 1.96 bits per heavy atom. The van der Waals surface area contributed by atoms with E-state index in [1.807, 2.05) is 6.92 Å². The summed E-state index contributed by atoms with van der Waals surface area (Å²) >= 11 is 0. The molecule has 1 N–H and O–H groups in total. The molecule has 0 heterocycles. The van der Waals surface area contributed by atoms with E-state index in [9.17, 15) is 9.59 Å². The highest BCUT2D eigenvalue weighted by Gasteiger charge is 2.25. The Morgan fingerprint density at radius 1 is 1.09 bits per heavy atom. The van der Waals surface area contributed by atoms with E-state index in [4.69, 9.17) is 14.2 Å². The quantitative estimate of drug-likeness (QED) is 0.922. The maximum Gasteiger partial charge on any atom is 0.418 e. The number of rotatable bonds is 3. The van der Waals surface area contributed by atoms with Crippen LogP contribution in [0.15, 0.2) is 12.1 Å². The van der Waals surface area contributed by atoms with Crippen molar-refractivity contribution in [1.82, 2.24) is 4.90 Å². The average molecular weight is 324 g/mol. The summed E-state index contributed by atoms with van der Waals surface area (Å²) in [6, 6.07) is 2.86. The Kier molecular flexibility index (Phi) is 5.84. The molecule has 0 spiro atoms. The van der Waals surface area contributed by atoms with Gasteiger partial charge in [0.25, 0.3) is 0 Å². The number of nitrogens with one attached hydrogen (secondary N) is 1. The van der Waals surface area contributed by atoms with Gasteiger partial charge in [0.1, 0.15) is 22.8 Å². The zero-order valence-electron chi connectivity index (χ0n) is 14.6. The molecule has 23 heavy (non-hydrogen) atoms. The molecular weight excluding hydrogens is 300 g/mol. The number of carbonyl (C=O) groups excluding carboxylic acids is 2. The number of methoxy groups -OCH3 is 2. The average Bonchev–Trinajstić information content (AvgIpc) is 2.45. The molecule has 0 aliphatic carbocycles. The van der Waals surface area contributed by atoms with E-state index in [2.05, 4.69) is 5.32 Å². The van der Waals surface area contributed by atoms with Crippen LogP contribution in [0.25, 0.3) is 0 Å². The van der Waals surface area contributed by atoms with E-state index in [0.717, 1.165) is 10.5 Å². The van der Waals surface area contributed by atoms with Crippen molar-refractivity contribution in [2.45, 2.75) is 33.3 Å². The summed E-state index contributed by atoms with van der Waals surface area (Å²) in [5.74, 6) is 0.876. The first kappa shape index (κ1) is 18.6. The van der Waals surface area contributed by atoms with Crippen LogP contribution in [0, 0.1) is 6.92 Å². The Morgan fingerprint density at radius 2 is 1.57 bits per heavy atom. The molecule has 7 nitrogen and oxygen atoms in total. The summed E-state index contributed by atoms with van der Waals surface area (Å²) in [6.45, 7) is 7.05. The van der Waals surface area contributed by atoms with Gasteiger partial charge in [-0.1, -0.05) is 0 Å². The number of hydrogen-bond donors (Lipinski definition) is 1. The van der Waals surface area contributed by atoms with E-state index in [-0.39, 0.29) is 0 Å². The molecule has 128 valence electrons. The van der Waals surface area contributed by atoms with Crippen LogP contribution in [0.2, 0.25) is 0 Å². The number of carbonyl (C=O) groups is 2. The third kappa shape index (κ3) is 5.05. The van der Waals surface area contributed by atoms with E-state index in [1.165, 1.54) is 21.3 Å². The number of ether oxygens (including phenoxy) is 3. The molecule has 0 aromatic heterocycles. The highest BCUT2D eigenvalue weighted by atomic mass is 16.6. The van der Waals surface area contributed by atoms with Gasteiger partial charge in [-0.2, -0.15) is 0 Å². The SMILES string of the molecule is COc1cc(C)cc(OC)c1NC(=O)N(C)C(=O)OC(C)(C)C. The molecule has 0 aliphatic heterocycles. The second kappa shape index (κ2) is 7.21. The standard InChI is InChI=1S/C16H24N2O5/c1-10-8-11(21-6)13(12(9-10)22-7)17-14(19)18(5)15(20)23-16(2,3)4/h8-9H,1-7H3,(H,17,19). The summed E-state index contributed by atoms with van der Waals surface area (Å²) in [4.78, 5) is 25.0. The fraction of sp³-hybridized carbons (Fsp3) is 0.500. The maximum absolute atomic E-state index is 12.3. The summed E-state index contributed by atoms with van der Waals surface area (Å²) < 4.78 is 15.7. The van der Waals surface area contributed by atoms with Gasteiger partial charge in [-0.15, -0.1) is 0 Å². The monoisotopic (exact) mass is 324 g/mol. The summed E-state index contributed by atoms with van der Waals surface area (Å²) in [7, 11) is 4.31. The van der Waals surface area contributed by atoms with Crippen molar-refractivity contribution in [3.05, 3.63) is 17.7 Å². The van der Waals surface area contributed by atoms with E-state index in [1.54, 1.807) is 32.9 Å². The Balaban J connectivity index is 2.99. The van der Waals surface area contributed by atoms with Crippen LogP contribution in [0.5, 0.6) is 11.5 Å². The van der Waals surface area contributed by atoms with Gasteiger partial charge in [0.05, 0.1) is 14.2 Å². The Bertz CT molecular complexity index is 568. The van der Waals surface area contributed by atoms with Crippen LogP contribution in [0.4, 0.5) is 15.3 Å². The van der Waals surface area contributed by atoms with Crippen LogP contribution in [-0.4, -0.2) is 43.9 Å². The topological polar surface area (TPSA) is 77.1 Å². The lowest BCUT2D eigenvalue weighted by Crippen LogP contribution is -2.40. The van der Waals surface area contributed by atoms with Gasteiger partial charge < -0.3 is 19.5 Å². The van der Waals surface area contributed by atoms with E-state index in [0.29, 0.717) is 17.2 Å². The summed E-state index contributed by atoms with van der Waals surface area (Å²) in [6.07, 6.45) is -0.750. The molecule has 0 atom stereocenters. The molecule has 0 saturated heterocycles. The van der Waals surface area contributed by atoms with Crippen LogP contribution in [0.1, 0.15) is 26.3 Å². The van der Waals surface area contributed by atoms with E-state index >= 15 is 0 Å². The highest BCUT2D eigenvalue weighted by Crippen LogP contribution is 2.36. The largest absolute Gasteiger partial charge is 0.494 e. The highest BCUT2D eigenvalue weighted by molar-refractivity contribution is 6.00. The Hall–Kier alpha value is -2.44. The molecule has 0 aliphatic rings. The van der Waals surface area contributed by atoms with Gasteiger partial charge in [0.15, 0.2) is 0 Å². The van der Waals surface area contributed by atoms with Crippen LogP contribution in [-0.2, 0) is 4.74 Å². The van der Waals surface area contributed by atoms with Crippen molar-refractivity contribution in [1.29, 1.82) is 0 Å². The molecular formula is C16H24N2O5. The van der Waals surface area contributed by atoms with Crippen molar-refractivity contribution in [2.75, 3.05) is 26.6 Å². The summed E-state index contributed by atoms with van der Waals surface area (Å²) in [5, 5.41) is 2.61. The first-order chi connectivity index (χ1) is 10.6. The van der Waals surface area contributed by atoms with Crippen LogP contribution >= 0.6 is 0 Å². The zero-order valence-corrected chi connectivity index (χ0v) is 14.6. The van der Waals surface area contributed by atoms with Gasteiger partial charge >= 0.3 is 12.1 Å². The number of anilines is 1. The van der Waals surface area contributed by atoms with Gasteiger partial charge in [0.2, 0.25) is 0 Å². The second-order valence-corrected chi connectivity index (χ2v) is 6.01. The number of benzene rings is 1. The minimum Gasteiger partial charge on any atom is -0.494 e. The number of aryl methyl sites for hydroxylation is 1. The predicted octanol–water partition coefficient (Wildman–Crippen LogP) is 3.41. The number of imide groups is 1. The fourth-order valence-corrected chi connectivity index (χ4v) is 1.77. The predicted molar refractivity (Wildman–Crippen MR) is 87.3 cm³/mol. The van der Waals surface area contributed by atoms with Gasteiger partial charge in [-0.25, -0.2) is 14.5 Å². The van der Waals surface area contributed by atoms with E-state index < -0.39 is 17.7 Å². The second-order valence-electron chi connectivity index (χ2n) is 6.01. The van der Waals surface area contributed by atoms with Crippen molar-refractivity contribution >= 4 is 17.8 Å². The third-order valence-corrected chi connectivity index (χ3v) is 2.85. The van der Waals surface area contributed by atoms with Crippen molar-refractivity contribution in [3.8, 4) is 11.5 Å². The number of urea groups is 1. The summed E-state index contributed by atoms with van der Waals surface area (Å²) in [5.41, 5.74) is 0.573. The van der Waals surface area contributed by atoms with Gasteiger partial charge in [-0.3, -0.25) is 0 Å². The molecule has 3 amide bonds. The maximum atomic E-state index is 12.3. The molecule has 0 saturated carbocycles. The molecule has 0 bridgehead atoms. The minimum absolute atomic E-state index is 0.348. The molecule has 0 fully saturated rings. The molecule has 7 heteroatoms. The molecule has 1 aromatic carbocycles. The van der Waals surface area contributed by atoms with Crippen LogP contribution in [0.3, 0.4) is 0 Å². The Labute approximate surface area is 136 Å². The number of amides is 3. The lowest BCUT2D eigenvalue weighted by atomic mass is 10.2. The normalized spacial score (nSPS) is 10.7. The first-order valence-electron chi connectivity index (χ1n) is 7.09. The molecule has 1 aromatic rings.